The van der Waals surface area contributed by atoms with Gasteiger partial charge in [0.15, 0.2) is 5.75 Å². The Bertz CT molecular complexity index is 851. The van der Waals surface area contributed by atoms with Crippen LogP contribution in [0.5, 0.6) is 11.5 Å². The van der Waals surface area contributed by atoms with Crippen molar-refractivity contribution in [2.45, 2.75) is 20.3 Å². The van der Waals surface area contributed by atoms with Crippen LogP contribution in [-0.2, 0) is 16.0 Å². The zero-order valence-electron chi connectivity index (χ0n) is 14.7. The largest absolute Gasteiger partial charge is 0.500 e. The highest BCUT2D eigenvalue weighted by Gasteiger charge is 2.19. The van der Waals surface area contributed by atoms with Crippen LogP contribution in [0, 0.1) is 10.1 Å². The molecular weight excluding hydrogens is 376 g/mol. The van der Waals surface area contributed by atoms with Gasteiger partial charge >= 0.3 is 11.7 Å². The number of hydrogen-bond donors (Lipinski definition) is 2. The Balaban J connectivity index is 2.09. The third kappa shape index (κ3) is 5.64. The number of benzene rings is 1. The summed E-state index contributed by atoms with van der Waals surface area (Å²) in [6.07, 6.45) is 1.40. The van der Waals surface area contributed by atoms with Gasteiger partial charge in [-0.1, -0.05) is 0 Å². The van der Waals surface area contributed by atoms with E-state index in [-0.39, 0.29) is 24.7 Å². The maximum atomic E-state index is 11.4. The van der Waals surface area contributed by atoms with E-state index in [0.29, 0.717) is 23.0 Å². The number of hydrogen-bond acceptors (Lipinski definition) is 10. The molecule has 1 aromatic heterocycles. The van der Waals surface area contributed by atoms with Crippen molar-refractivity contribution in [2.24, 2.45) is 5.10 Å². The summed E-state index contributed by atoms with van der Waals surface area (Å²) in [6.45, 7) is 3.97. The topological polar surface area (TPSA) is 136 Å². The molecule has 0 atom stereocenters. The highest BCUT2D eigenvalue weighted by atomic mass is 32.1. The summed E-state index contributed by atoms with van der Waals surface area (Å²) >= 11 is 1.25. The predicted molar refractivity (Wildman–Crippen MR) is 99.6 cm³/mol. The number of rotatable bonds is 9. The van der Waals surface area contributed by atoms with E-state index in [1.54, 1.807) is 19.2 Å². The van der Waals surface area contributed by atoms with Crippen molar-refractivity contribution in [2.75, 3.05) is 18.6 Å². The quantitative estimate of drug-likeness (QED) is 0.287. The van der Waals surface area contributed by atoms with Crippen molar-refractivity contribution in [1.82, 2.24) is 4.98 Å². The number of esters is 1. The predicted octanol–water partition coefficient (Wildman–Crippen LogP) is 2.71. The van der Waals surface area contributed by atoms with Crippen molar-refractivity contribution in [1.29, 1.82) is 0 Å². The van der Waals surface area contributed by atoms with Crippen molar-refractivity contribution in [3.63, 3.8) is 0 Å². The van der Waals surface area contributed by atoms with Crippen LogP contribution in [-0.4, -0.2) is 40.4 Å². The van der Waals surface area contributed by atoms with Crippen LogP contribution in [0.15, 0.2) is 22.6 Å². The Morgan fingerprint density at radius 2 is 2.22 bits per heavy atom. The molecule has 0 saturated carbocycles. The average Bonchev–Trinajstić information content (AvgIpc) is 3.04. The lowest BCUT2D eigenvalue weighted by atomic mass is 10.2. The molecule has 0 spiro atoms. The number of anilines is 1. The molecule has 1 aromatic carbocycles. The molecule has 11 heteroatoms. The molecule has 144 valence electrons. The van der Waals surface area contributed by atoms with Crippen LogP contribution in [0.1, 0.15) is 25.1 Å². The number of nitro benzene ring substituents is 1. The van der Waals surface area contributed by atoms with E-state index in [1.807, 2.05) is 0 Å². The summed E-state index contributed by atoms with van der Waals surface area (Å²) in [7, 11) is 0. The van der Waals surface area contributed by atoms with Gasteiger partial charge in [0, 0.05) is 17.0 Å². The van der Waals surface area contributed by atoms with E-state index in [4.69, 9.17) is 9.47 Å². The van der Waals surface area contributed by atoms with Crippen molar-refractivity contribution in [3.05, 3.63) is 38.9 Å². The number of carbonyl (C=O) groups excluding carboxylic acids is 1. The van der Waals surface area contributed by atoms with Gasteiger partial charge in [-0.2, -0.15) is 5.10 Å². The number of nitrogens with zero attached hydrogens (tertiary/aromatic N) is 3. The Kier molecular flexibility index (Phi) is 7.06. The minimum absolute atomic E-state index is 0.000814. The van der Waals surface area contributed by atoms with Crippen LogP contribution in [0.3, 0.4) is 0 Å². The molecule has 10 nitrogen and oxygen atoms in total. The summed E-state index contributed by atoms with van der Waals surface area (Å²) in [5.41, 5.74) is 3.12. The zero-order valence-corrected chi connectivity index (χ0v) is 15.5. The van der Waals surface area contributed by atoms with E-state index < -0.39 is 16.4 Å². The van der Waals surface area contributed by atoms with Gasteiger partial charge in [-0.3, -0.25) is 20.3 Å². The standard InChI is InChI=1S/C16H18N4O6S/c1-3-25-13-6-10(5-12(15(13)22)20(23)24)8-17-19-16-18-11(9-27-16)7-14(21)26-4-2/h5-6,8-9,22H,3-4,7H2,1-2H3,(H,18,19)/b17-8-. The molecule has 0 amide bonds. The molecule has 0 bridgehead atoms. The van der Waals surface area contributed by atoms with Crippen LogP contribution in [0.2, 0.25) is 0 Å². The molecule has 0 aliphatic heterocycles. The number of phenols is 1. The normalized spacial score (nSPS) is 10.7. The fraction of sp³-hybridized carbons (Fsp3) is 0.312. The molecule has 27 heavy (non-hydrogen) atoms. The number of hydrazone groups is 1. The summed E-state index contributed by atoms with van der Waals surface area (Å²) in [5.74, 6) is -0.896. The summed E-state index contributed by atoms with van der Waals surface area (Å²) < 4.78 is 10.1. The van der Waals surface area contributed by atoms with E-state index >= 15 is 0 Å². The lowest BCUT2D eigenvalue weighted by Crippen LogP contribution is -2.07. The van der Waals surface area contributed by atoms with Crippen LogP contribution < -0.4 is 10.2 Å². The number of nitrogens with one attached hydrogen (secondary N) is 1. The molecule has 0 saturated heterocycles. The number of carbonyl (C=O) groups is 1. The van der Waals surface area contributed by atoms with E-state index in [2.05, 4.69) is 15.5 Å². The summed E-state index contributed by atoms with van der Waals surface area (Å²) in [5, 5.41) is 27.0. The fourth-order valence-electron chi connectivity index (χ4n) is 2.05. The summed E-state index contributed by atoms with van der Waals surface area (Å²) in [6, 6.07) is 2.61. The number of ether oxygens (including phenoxy) is 2. The van der Waals surface area contributed by atoms with Crippen LogP contribution in [0.4, 0.5) is 10.8 Å². The Morgan fingerprint density at radius 1 is 1.44 bits per heavy atom. The molecule has 1 heterocycles. The highest BCUT2D eigenvalue weighted by Crippen LogP contribution is 2.36. The Labute approximate surface area is 158 Å². The maximum Gasteiger partial charge on any atom is 0.315 e. The second kappa shape index (κ2) is 9.48. The van der Waals surface area contributed by atoms with Crippen molar-refractivity contribution in [3.8, 4) is 11.5 Å². The molecular formula is C16H18N4O6S. The molecule has 0 aliphatic carbocycles. The average molecular weight is 394 g/mol. The van der Waals surface area contributed by atoms with E-state index in [0.717, 1.165) is 0 Å². The first-order chi connectivity index (χ1) is 12.9. The van der Waals surface area contributed by atoms with Gasteiger partial charge in [0.05, 0.1) is 36.5 Å². The lowest BCUT2D eigenvalue weighted by Gasteiger charge is -2.07. The second-order valence-electron chi connectivity index (χ2n) is 5.07. The van der Waals surface area contributed by atoms with Gasteiger partial charge in [-0.05, 0) is 19.9 Å². The third-order valence-corrected chi connectivity index (χ3v) is 3.93. The minimum Gasteiger partial charge on any atom is -0.500 e. The molecule has 0 radical (unpaired) electrons. The van der Waals surface area contributed by atoms with Gasteiger partial charge < -0.3 is 14.6 Å². The highest BCUT2D eigenvalue weighted by molar-refractivity contribution is 7.13. The first-order valence-corrected chi connectivity index (χ1v) is 8.85. The van der Waals surface area contributed by atoms with Gasteiger partial charge in [0.1, 0.15) is 0 Å². The van der Waals surface area contributed by atoms with Gasteiger partial charge in [-0.25, -0.2) is 4.98 Å². The Morgan fingerprint density at radius 3 is 2.89 bits per heavy atom. The Hall–Kier alpha value is -3.21. The van der Waals surface area contributed by atoms with Crippen molar-refractivity contribution >= 4 is 34.3 Å². The zero-order chi connectivity index (χ0) is 19.8. The number of aromatic nitrogens is 1. The number of nitro groups is 1. The number of aromatic hydroxyl groups is 1. The van der Waals surface area contributed by atoms with Gasteiger partial charge in [0.25, 0.3) is 0 Å². The molecule has 2 N–H and O–H groups in total. The first kappa shape index (κ1) is 20.1. The summed E-state index contributed by atoms with van der Waals surface area (Å²) in [4.78, 5) is 26.0. The molecule has 0 fully saturated rings. The fourth-order valence-corrected chi connectivity index (χ4v) is 2.71. The van der Waals surface area contributed by atoms with Gasteiger partial charge in [-0.15, -0.1) is 11.3 Å². The molecule has 0 aliphatic rings. The van der Waals surface area contributed by atoms with Gasteiger partial charge in [0.2, 0.25) is 10.9 Å². The number of phenolic OH excluding ortho intramolecular Hbond substituents is 1. The van der Waals surface area contributed by atoms with Crippen molar-refractivity contribution < 1.29 is 24.3 Å². The van der Waals surface area contributed by atoms with E-state index in [1.165, 1.54) is 29.7 Å². The molecule has 2 aromatic rings. The first-order valence-electron chi connectivity index (χ1n) is 7.97. The second-order valence-corrected chi connectivity index (χ2v) is 5.93. The lowest BCUT2D eigenvalue weighted by molar-refractivity contribution is -0.386. The third-order valence-electron chi connectivity index (χ3n) is 3.13. The maximum absolute atomic E-state index is 11.4. The smallest absolute Gasteiger partial charge is 0.315 e. The monoisotopic (exact) mass is 394 g/mol. The molecule has 0 unspecified atom stereocenters. The van der Waals surface area contributed by atoms with Crippen LogP contribution >= 0.6 is 11.3 Å². The minimum atomic E-state index is -0.703. The van der Waals surface area contributed by atoms with Crippen LogP contribution in [0.25, 0.3) is 0 Å². The van der Waals surface area contributed by atoms with E-state index in [9.17, 15) is 20.0 Å². The molecule has 2 rings (SSSR count). The number of thiazole rings is 1. The SMILES string of the molecule is CCOC(=O)Cc1csc(N/N=C\c2cc(OCC)c(O)c([N+](=O)[O-])c2)n1.